The Bertz CT molecular complexity index is 542. The molecule has 0 spiro atoms. The number of hydrogen-bond acceptors (Lipinski definition) is 4. The van der Waals surface area contributed by atoms with Gasteiger partial charge in [0.15, 0.2) is 5.76 Å². The molecule has 3 N–H and O–H groups in total. The van der Waals surface area contributed by atoms with Gasteiger partial charge in [0.1, 0.15) is 5.82 Å². The van der Waals surface area contributed by atoms with Crippen molar-refractivity contribution in [2.45, 2.75) is 13.5 Å². The number of nitrogens with two attached hydrogens (primary N) is 1. The largest absolute Gasteiger partial charge is 0.397 e. The highest BCUT2D eigenvalue weighted by atomic mass is 35.5. The van der Waals surface area contributed by atoms with Crippen LogP contribution in [0, 0.1) is 12.7 Å². The lowest BCUT2D eigenvalue weighted by atomic mass is 10.2. The Morgan fingerprint density at radius 1 is 1.47 bits per heavy atom. The Kier molecular flexibility index (Phi) is 3.19. The zero-order chi connectivity index (χ0) is 12.4. The molecule has 2 rings (SSSR count). The predicted octanol–water partition coefficient (Wildman–Crippen LogP) is 2.97. The lowest BCUT2D eigenvalue weighted by Crippen LogP contribution is -2.02. The third-order valence-corrected chi connectivity index (χ3v) is 2.51. The molecule has 0 amide bonds. The molecule has 1 aromatic heterocycles. The van der Waals surface area contributed by atoms with Crippen molar-refractivity contribution in [3.63, 3.8) is 0 Å². The van der Waals surface area contributed by atoms with E-state index in [-0.39, 0.29) is 5.02 Å². The van der Waals surface area contributed by atoms with E-state index in [4.69, 9.17) is 21.9 Å². The summed E-state index contributed by atoms with van der Waals surface area (Å²) in [5, 5.41) is 6.77. The van der Waals surface area contributed by atoms with Gasteiger partial charge in [-0.15, -0.1) is 0 Å². The van der Waals surface area contributed by atoms with Crippen molar-refractivity contribution >= 4 is 23.0 Å². The number of aryl methyl sites for hydroxylation is 1. The van der Waals surface area contributed by atoms with E-state index in [2.05, 4.69) is 10.5 Å². The number of anilines is 2. The first kappa shape index (κ1) is 11.7. The highest BCUT2D eigenvalue weighted by Crippen LogP contribution is 2.26. The van der Waals surface area contributed by atoms with Crippen molar-refractivity contribution < 1.29 is 8.91 Å². The summed E-state index contributed by atoms with van der Waals surface area (Å²) in [5.74, 6) is 0.132. The second kappa shape index (κ2) is 4.63. The van der Waals surface area contributed by atoms with Crippen LogP contribution >= 0.6 is 11.6 Å². The number of halogens is 2. The minimum Gasteiger partial charge on any atom is -0.397 e. The summed E-state index contributed by atoms with van der Waals surface area (Å²) in [6.45, 7) is 2.24. The van der Waals surface area contributed by atoms with Crippen LogP contribution in [0.3, 0.4) is 0 Å². The van der Waals surface area contributed by atoms with Crippen LogP contribution in [-0.2, 0) is 6.54 Å². The van der Waals surface area contributed by atoms with Gasteiger partial charge < -0.3 is 15.6 Å². The summed E-state index contributed by atoms with van der Waals surface area (Å²) in [7, 11) is 0. The Morgan fingerprint density at radius 3 is 2.88 bits per heavy atom. The number of rotatable bonds is 3. The minimum atomic E-state index is -0.537. The molecule has 0 aliphatic carbocycles. The van der Waals surface area contributed by atoms with Crippen molar-refractivity contribution in [3.05, 3.63) is 40.5 Å². The summed E-state index contributed by atoms with van der Waals surface area (Å²) in [6, 6.07) is 4.42. The van der Waals surface area contributed by atoms with Crippen LogP contribution in [0.4, 0.5) is 15.8 Å². The number of aromatic nitrogens is 1. The Balaban J connectivity index is 2.11. The maximum absolute atomic E-state index is 13.1. The minimum absolute atomic E-state index is 0.0236. The molecule has 1 heterocycles. The third-order valence-electron chi connectivity index (χ3n) is 2.22. The first-order chi connectivity index (χ1) is 8.06. The van der Waals surface area contributed by atoms with E-state index in [0.29, 0.717) is 23.7 Å². The van der Waals surface area contributed by atoms with Crippen LogP contribution in [0.5, 0.6) is 0 Å². The molecular weight excluding hydrogens is 245 g/mol. The monoisotopic (exact) mass is 255 g/mol. The maximum Gasteiger partial charge on any atom is 0.156 e. The topological polar surface area (TPSA) is 64.1 Å². The second-order valence-corrected chi connectivity index (χ2v) is 4.05. The van der Waals surface area contributed by atoms with E-state index in [1.54, 1.807) is 6.07 Å². The molecule has 0 fully saturated rings. The molecule has 17 heavy (non-hydrogen) atoms. The highest BCUT2D eigenvalue weighted by Gasteiger charge is 2.07. The Labute approximate surface area is 103 Å². The van der Waals surface area contributed by atoms with Gasteiger partial charge in [0.05, 0.1) is 28.6 Å². The quantitative estimate of drug-likeness (QED) is 0.828. The van der Waals surface area contributed by atoms with Gasteiger partial charge in [0, 0.05) is 12.1 Å². The summed E-state index contributed by atoms with van der Waals surface area (Å²) in [5.41, 5.74) is 7.31. The van der Waals surface area contributed by atoms with Crippen LogP contribution in [-0.4, -0.2) is 5.16 Å². The molecule has 1 aromatic carbocycles. The van der Waals surface area contributed by atoms with Gasteiger partial charge in [0.25, 0.3) is 0 Å². The zero-order valence-electron chi connectivity index (χ0n) is 9.13. The molecular formula is C11H11ClFN3O. The van der Waals surface area contributed by atoms with Gasteiger partial charge in [-0.25, -0.2) is 4.39 Å². The van der Waals surface area contributed by atoms with E-state index < -0.39 is 5.82 Å². The molecule has 90 valence electrons. The standard InChI is InChI=1S/C11H11ClFN3O/c1-6-2-7(17-16-6)5-15-11-3-8(12)9(13)4-10(11)14/h2-4,15H,5,14H2,1H3. The first-order valence-corrected chi connectivity index (χ1v) is 5.34. The van der Waals surface area contributed by atoms with Crippen molar-refractivity contribution in [3.8, 4) is 0 Å². The van der Waals surface area contributed by atoms with Crippen molar-refractivity contribution in [1.82, 2.24) is 5.16 Å². The predicted molar refractivity (Wildman–Crippen MR) is 64.4 cm³/mol. The SMILES string of the molecule is Cc1cc(CNc2cc(Cl)c(F)cc2N)on1. The van der Waals surface area contributed by atoms with Crippen LogP contribution in [0.25, 0.3) is 0 Å². The fourth-order valence-corrected chi connectivity index (χ4v) is 1.56. The van der Waals surface area contributed by atoms with Crippen LogP contribution in [0.15, 0.2) is 22.7 Å². The Morgan fingerprint density at radius 2 is 2.24 bits per heavy atom. The number of nitrogen functional groups attached to an aromatic ring is 1. The fourth-order valence-electron chi connectivity index (χ4n) is 1.40. The van der Waals surface area contributed by atoms with E-state index in [0.717, 1.165) is 5.69 Å². The van der Waals surface area contributed by atoms with Gasteiger partial charge in [-0.1, -0.05) is 16.8 Å². The average molecular weight is 256 g/mol. The molecule has 0 atom stereocenters. The van der Waals surface area contributed by atoms with E-state index in [1.165, 1.54) is 12.1 Å². The van der Waals surface area contributed by atoms with Crippen LogP contribution in [0.2, 0.25) is 5.02 Å². The lowest BCUT2D eigenvalue weighted by molar-refractivity contribution is 0.384. The molecule has 0 unspecified atom stereocenters. The van der Waals surface area contributed by atoms with E-state index in [1.807, 2.05) is 6.92 Å². The second-order valence-electron chi connectivity index (χ2n) is 3.64. The van der Waals surface area contributed by atoms with Gasteiger partial charge in [-0.2, -0.15) is 0 Å². The molecule has 2 aromatic rings. The number of hydrogen-bond donors (Lipinski definition) is 2. The molecule has 0 radical (unpaired) electrons. The number of nitrogens with zero attached hydrogens (tertiary/aromatic N) is 1. The highest BCUT2D eigenvalue weighted by molar-refractivity contribution is 6.31. The molecule has 0 aliphatic rings. The number of nitrogens with one attached hydrogen (secondary N) is 1. The van der Waals surface area contributed by atoms with Gasteiger partial charge in [-0.05, 0) is 13.0 Å². The summed E-state index contributed by atoms with van der Waals surface area (Å²) < 4.78 is 18.1. The van der Waals surface area contributed by atoms with Crippen molar-refractivity contribution in [2.75, 3.05) is 11.1 Å². The first-order valence-electron chi connectivity index (χ1n) is 4.97. The number of benzene rings is 1. The molecule has 0 saturated heterocycles. The van der Waals surface area contributed by atoms with Gasteiger partial charge in [0.2, 0.25) is 0 Å². The summed E-state index contributed by atoms with van der Waals surface area (Å²) >= 11 is 5.67. The molecule has 0 aliphatic heterocycles. The summed E-state index contributed by atoms with van der Waals surface area (Å²) in [4.78, 5) is 0. The molecule has 0 bridgehead atoms. The molecule has 6 heteroatoms. The van der Waals surface area contributed by atoms with Gasteiger partial charge >= 0.3 is 0 Å². The zero-order valence-corrected chi connectivity index (χ0v) is 9.88. The van der Waals surface area contributed by atoms with E-state index in [9.17, 15) is 4.39 Å². The molecule has 0 saturated carbocycles. The average Bonchev–Trinajstić information content (AvgIpc) is 2.68. The van der Waals surface area contributed by atoms with Crippen molar-refractivity contribution in [2.24, 2.45) is 0 Å². The smallest absolute Gasteiger partial charge is 0.156 e. The van der Waals surface area contributed by atoms with Gasteiger partial charge in [-0.3, -0.25) is 0 Å². The van der Waals surface area contributed by atoms with Crippen LogP contribution in [0.1, 0.15) is 11.5 Å². The fraction of sp³-hybridized carbons (Fsp3) is 0.182. The normalized spacial score (nSPS) is 10.5. The van der Waals surface area contributed by atoms with Crippen molar-refractivity contribution in [1.29, 1.82) is 0 Å². The van der Waals surface area contributed by atoms with Crippen LogP contribution < -0.4 is 11.1 Å². The maximum atomic E-state index is 13.1. The Hall–Kier alpha value is -1.75. The summed E-state index contributed by atoms with van der Waals surface area (Å²) in [6.07, 6.45) is 0. The third kappa shape index (κ3) is 2.68. The van der Waals surface area contributed by atoms with E-state index >= 15 is 0 Å². The molecule has 4 nitrogen and oxygen atoms in total. The lowest BCUT2D eigenvalue weighted by Gasteiger charge is -2.08.